The second kappa shape index (κ2) is 6.68. The number of rotatable bonds is 4. The van der Waals surface area contributed by atoms with Gasteiger partial charge >= 0.3 is 0 Å². The first-order valence-electron chi connectivity index (χ1n) is 6.45. The van der Waals surface area contributed by atoms with Crippen LogP contribution in [-0.4, -0.2) is 5.91 Å². The third kappa shape index (κ3) is 3.46. The van der Waals surface area contributed by atoms with Gasteiger partial charge in [0.1, 0.15) is 6.04 Å². The molecule has 1 amide bonds. The van der Waals surface area contributed by atoms with E-state index in [4.69, 9.17) is 5.73 Å². The normalized spacial score (nSPS) is 13.6. The molecule has 2 aromatic rings. The lowest BCUT2D eigenvalue weighted by Crippen LogP contribution is -2.35. The van der Waals surface area contributed by atoms with Crippen molar-refractivity contribution in [2.75, 3.05) is 0 Å². The zero-order valence-electron chi connectivity index (χ0n) is 11.2. The molecule has 0 radical (unpaired) electrons. The smallest absolute Gasteiger partial charge is 0.241 e. The minimum absolute atomic E-state index is 0.104. The molecule has 2 rings (SSSR count). The van der Waals surface area contributed by atoms with Crippen LogP contribution in [0.5, 0.6) is 0 Å². The maximum Gasteiger partial charge on any atom is 0.241 e. The molecule has 0 heterocycles. The van der Waals surface area contributed by atoms with Crippen molar-refractivity contribution in [3.8, 4) is 0 Å². The third-order valence-electron chi connectivity index (χ3n) is 3.17. The van der Waals surface area contributed by atoms with Gasteiger partial charge in [0.05, 0.1) is 6.04 Å². The van der Waals surface area contributed by atoms with Gasteiger partial charge in [-0.3, -0.25) is 4.79 Å². The Morgan fingerprint density at radius 3 is 2.35 bits per heavy atom. The van der Waals surface area contributed by atoms with Crippen LogP contribution in [0.4, 0.5) is 0 Å². The van der Waals surface area contributed by atoms with Crippen LogP contribution in [0.15, 0.2) is 59.1 Å². The summed E-state index contributed by atoms with van der Waals surface area (Å²) in [6.07, 6.45) is 0. The van der Waals surface area contributed by atoms with E-state index >= 15 is 0 Å². The van der Waals surface area contributed by atoms with Gasteiger partial charge in [-0.15, -0.1) is 0 Å². The summed E-state index contributed by atoms with van der Waals surface area (Å²) in [6.45, 7) is 1.94. The molecule has 1 unspecified atom stereocenters. The molecule has 0 spiro atoms. The lowest BCUT2D eigenvalue weighted by atomic mass is 10.1. The summed E-state index contributed by atoms with van der Waals surface area (Å²) in [6, 6.07) is 16.4. The fourth-order valence-corrected chi connectivity index (χ4v) is 2.65. The van der Waals surface area contributed by atoms with Gasteiger partial charge in [0.15, 0.2) is 0 Å². The summed E-state index contributed by atoms with van der Waals surface area (Å²) in [7, 11) is 0. The fourth-order valence-electron chi connectivity index (χ4n) is 2.02. The van der Waals surface area contributed by atoms with Crippen LogP contribution in [0.25, 0.3) is 0 Å². The van der Waals surface area contributed by atoms with Gasteiger partial charge in [-0.25, -0.2) is 0 Å². The van der Waals surface area contributed by atoms with Crippen LogP contribution in [0.3, 0.4) is 0 Å². The Morgan fingerprint density at radius 1 is 1.10 bits per heavy atom. The van der Waals surface area contributed by atoms with Gasteiger partial charge in [0.25, 0.3) is 0 Å². The van der Waals surface area contributed by atoms with Crippen molar-refractivity contribution in [1.82, 2.24) is 5.32 Å². The van der Waals surface area contributed by atoms with Gasteiger partial charge < -0.3 is 11.1 Å². The molecule has 104 valence electrons. The highest BCUT2D eigenvalue weighted by Gasteiger charge is 2.18. The van der Waals surface area contributed by atoms with Gasteiger partial charge in [-0.1, -0.05) is 64.5 Å². The molecule has 0 saturated carbocycles. The number of benzene rings is 2. The molecule has 0 fully saturated rings. The number of hydrogen-bond acceptors (Lipinski definition) is 2. The quantitative estimate of drug-likeness (QED) is 0.902. The van der Waals surface area contributed by atoms with Gasteiger partial charge in [-0.05, 0) is 24.1 Å². The van der Waals surface area contributed by atoms with E-state index in [1.807, 2.05) is 61.5 Å². The zero-order chi connectivity index (χ0) is 14.5. The number of hydrogen-bond donors (Lipinski definition) is 2. The summed E-state index contributed by atoms with van der Waals surface area (Å²) in [5, 5.41) is 2.94. The monoisotopic (exact) mass is 332 g/mol. The van der Waals surface area contributed by atoms with Crippen molar-refractivity contribution in [3.05, 3.63) is 70.2 Å². The molecule has 2 aromatic carbocycles. The van der Waals surface area contributed by atoms with Gasteiger partial charge in [-0.2, -0.15) is 0 Å². The maximum atomic E-state index is 12.2. The molecule has 0 aliphatic heterocycles. The van der Waals surface area contributed by atoms with Crippen molar-refractivity contribution < 1.29 is 4.79 Å². The fraction of sp³-hybridized carbons (Fsp3) is 0.188. The number of nitrogens with one attached hydrogen (secondary N) is 1. The van der Waals surface area contributed by atoms with Crippen LogP contribution < -0.4 is 11.1 Å². The number of amides is 1. The molecule has 0 bridgehead atoms. The maximum absolute atomic E-state index is 12.2. The number of carbonyl (C=O) groups is 1. The van der Waals surface area contributed by atoms with E-state index in [0.717, 1.165) is 15.6 Å². The zero-order valence-corrected chi connectivity index (χ0v) is 12.8. The largest absolute Gasteiger partial charge is 0.348 e. The van der Waals surface area contributed by atoms with E-state index in [2.05, 4.69) is 21.2 Å². The first-order valence-corrected chi connectivity index (χ1v) is 7.24. The van der Waals surface area contributed by atoms with E-state index in [1.165, 1.54) is 0 Å². The number of carbonyl (C=O) groups excluding carboxylic acids is 1. The summed E-state index contributed by atoms with van der Waals surface area (Å²) in [4.78, 5) is 12.2. The second-order valence-corrected chi connectivity index (χ2v) is 5.49. The molecular formula is C16H17BrN2O. The molecule has 3 N–H and O–H groups in total. The Labute approximate surface area is 127 Å². The van der Waals surface area contributed by atoms with E-state index in [9.17, 15) is 4.79 Å². The molecule has 4 heteroatoms. The average molecular weight is 333 g/mol. The topological polar surface area (TPSA) is 55.1 Å². The molecule has 0 saturated heterocycles. The van der Waals surface area contributed by atoms with Gasteiger partial charge in [0, 0.05) is 4.47 Å². The Hall–Kier alpha value is -1.65. The standard InChI is InChI=1S/C16H17BrN2O/c1-11(13-9-5-6-10-14(13)17)19-16(20)15(18)12-7-3-2-4-8-12/h2-11,15H,18H2,1H3,(H,19,20)/t11?,15-/m0/s1. The van der Waals surface area contributed by atoms with E-state index in [1.54, 1.807) is 0 Å². The number of halogens is 1. The Kier molecular flexibility index (Phi) is 4.93. The lowest BCUT2D eigenvalue weighted by molar-refractivity contribution is -0.123. The highest BCUT2D eigenvalue weighted by atomic mass is 79.9. The summed E-state index contributed by atoms with van der Waals surface area (Å²) in [5.74, 6) is -0.181. The minimum atomic E-state index is -0.652. The van der Waals surface area contributed by atoms with Crippen LogP contribution >= 0.6 is 15.9 Å². The van der Waals surface area contributed by atoms with Crippen LogP contribution in [0.2, 0.25) is 0 Å². The van der Waals surface area contributed by atoms with Crippen molar-refractivity contribution in [2.24, 2.45) is 5.73 Å². The molecule has 0 aliphatic carbocycles. The Bertz CT molecular complexity index is 586. The molecule has 20 heavy (non-hydrogen) atoms. The van der Waals surface area contributed by atoms with Crippen LogP contribution in [-0.2, 0) is 4.79 Å². The molecular weight excluding hydrogens is 316 g/mol. The summed E-state index contributed by atoms with van der Waals surface area (Å²) >= 11 is 3.49. The predicted molar refractivity (Wildman–Crippen MR) is 84.1 cm³/mol. The van der Waals surface area contributed by atoms with Gasteiger partial charge in [0.2, 0.25) is 5.91 Å². The Morgan fingerprint density at radius 2 is 1.70 bits per heavy atom. The first kappa shape index (κ1) is 14.8. The van der Waals surface area contributed by atoms with Crippen molar-refractivity contribution in [1.29, 1.82) is 0 Å². The van der Waals surface area contributed by atoms with Crippen molar-refractivity contribution in [2.45, 2.75) is 19.0 Å². The van der Waals surface area contributed by atoms with E-state index in [0.29, 0.717) is 0 Å². The summed E-state index contributed by atoms with van der Waals surface area (Å²) < 4.78 is 0.973. The van der Waals surface area contributed by atoms with Crippen molar-refractivity contribution >= 4 is 21.8 Å². The molecule has 0 aromatic heterocycles. The first-order chi connectivity index (χ1) is 9.59. The Balaban J connectivity index is 2.07. The lowest BCUT2D eigenvalue weighted by Gasteiger charge is -2.19. The van der Waals surface area contributed by atoms with Crippen molar-refractivity contribution in [3.63, 3.8) is 0 Å². The minimum Gasteiger partial charge on any atom is -0.348 e. The predicted octanol–water partition coefficient (Wildman–Crippen LogP) is 3.33. The highest BCUT2D eigenvalue weighted by molar-refractivity contribution is 9.10. The number of nitrogens with two attached hydrogens (primary N) is 1. The van der Waals surface area contributed by atoms with Crippen LogP contribution in [0, 0.1) is 0 Å². The summed E-state index contributed by atoms with van der Waals surface area (Å²) in [5.41, 5.74) is 7.82. The highest BCUT2D eigenvalue weighted by Crippen LogP contribution is 2.23. The SMILES string of the molecule is CC(NC(=O)[C@@H](N)c1ccccc1)c1ccccc1Br. The molecule has 0 aliphatic rings. The molecule has 3 nitrogen and oxygen atoms in total. The average Bonchev–Trinajstić information content (AvgIpc) is 2.47. The third-order valence-corrected chi connectivity index (χ3v) is 3.89. The molecule has 2 atom stereocenters. The second-order valence-electron chi connectivity index (χ2n) is 4.64. The van der Waals surface area contributed by atoms with Crippen LogP contribution in [0.1, 0.15) is 30.1 Å². The van der Waals surface area contributed by atoms with E-state index in [-0.39, 0.29) is 11.9 Å². The van der Waals surface area contributed by atoms with E-state index < -0.39 is 6.04 Å².